The normalized spacial score (nSPS) is 11.6. The Morgan fingerprint density at radius 3 is 2.24 bits per heavy atom. The number of thioether (sulfide) groups is 1. The molecule has 34 heavy (non-hydrogen) atoms. The van der Waals surface area contributed by atoms with Crippen molar-refractivity contribution < 1.29 is 14.0 Å². The second-order valence-corrected chi connectivity index (χ2v) is 9.77. The summed E-state index contributed by atoms with van der Waals surface area (Å²) >= 11 is 4.94. The van der Waals surface area contributed by atoms with Gasteiger partial charge in [0.15, 0.2) is 0 Å². The standard InChI is InChI=1S/C27H28BrFN2O2S/c1-2-30-27(33)25(16-20-6-4-3-5-7-20)31(17-21-10-14-24(29)15-11-21)26(32)19-34-18-22-8-12-23(28)13-9-22/h3-15,25H,2,16-19H2,1H3,(H,30,33)/t25-/m1/s1. The second-order valence-electron chi connectivity index (χ2n) is 7.87. The smallest absolute Gasteiger partial charge is 0.243 e. The van der Waals surface area contributed by atoms with Gasteiger partial charge in [0.2, 0.25) is 11.8 Å². The number of likely N-dealkylation sites (N-methyl/N-ethyl adjacent to an activating group) is 1. The van der Waals surface area contributed by atoms with Gasteiger partial charge in [-0.2, -0.15) is 0 Å². The van der Waals surface area contributed by atoms with Crippen LogP contribution in [-0.4, -0.2) is 35.1 Å². The Kier molecular flexibility index (Phi) is 10.2. The van der Waals surface area contributed by atoms with Gasteiger partial charge in [-0.1, -0.05) is 70.5 Å². The minimum atomic E-state index is -0.673. The number of nitrogens with one attached hydrogen (secondary N) is 1. The Balaban J connectivity index is 1.81. The summed E-state index contributed by atoms with van der Waals surface area (Å²) in [6.07, 6.45) is 0.400. The van der Waals surface area contributed by atoms with Crippen LogP contribution in [0.2, 0.25) is 0 Å². The maximum atomic E-state index is 13.5. The van der Waals surface area contributed by atoms with Crippen molar-refractivity contribution in [2.24, 2.45) is 0 Å². The first kappa shape index (κ1) is 26.0. The summed E-state index contributed by atoms with van der Waals surface area (Å²) < 4.78 is 14.5. The molecule has 1 atom stereocenters. The highest BCUT2D eigenvalue weighted by atomic mass is 79.9. The molecule has 3 aromatic rings. The van der Waals surface area contributed by atoms with Crippen LogP contribution >= 0.6 is 27.7 Å². The number of carbonyl (C=O) groups is 2. The van der Waals surface area contributed by atoms with Crippen molar-refractivity contribution in [3.05, 3.63) is 106 Å². The maximum absolute atomic E-state index is 13.5. The van der Waals surface area contributed by atoms with Gasteiger partial charge in [-0.3, -0.25) is 9.59 Å². The van der Waals surface area contributed by atoms with E-state index in [4.69, 9.17) is 0 Å². The summed E-state index contributed by atoms with van der Waals surface area (Å²) in [5.74, 6) is 0.269. The van der Waals surface area contributed by atoms with E-state index in [9.17, 15) is 14.0 Å². The third-order valence-corrected chi connectivity index (χ3v) is 6.81. The van der Waals surface area contributed by atoms with Crippen molar-refractivity contribution in [3.8, 4) is 0 Å². The highest BCUT2D eigenvalue weighted by Crippen LogP contribution is 2.20. The molecule has 7 heteroatoms. The zero-order chi connectivity index (χ0) is 24.3. The fourth-order valence-electron chi connectivity index (χ4n) is 3.55. The molecule has 3 aromatic carbocycles. The van der Waals surface area contributed by atoms with Crippen molar-refractivity contribution in [2.75, 3.05) is 12.3 Å². The lowest BCUT2D eigenvalue weighted by molar-refractivity contribution is -0.139. The Labute approximate surface area is 213 Å². The van der Waals surface area contributed by atoms with E-state index >= 15 is 0 Å². The van der Waals surface area contributed by atoms with Gasteiger partial charge in [0, 0.05) is 29.7 Å². The number of amides is 2. The lowest BCUT2D eigenvalue weighted by Gasteiger charge is -2.31. The third-order valence-electron chi connectivity index (χ3n) is 5.30. The largest absolute Gasteiger partial charge is 0.355 e. The van der Waals surface area contributed by atoms with Crippen molar-refractivity contribution in [1.82, 2.24) is 10.2 Å². The van der Waals surface area contributed by atoms with Crippen LogP contribution in [0, 0.1) is 5.82 Å². The van der Waals surface area contributed by atoms with Crippen LogP contribution < -0.4 is 5.32 Å². The number of rotatable bonds is 11. The lowest BCUT2D eigenvalue weighted by atomic mass is 10.0. The molecule has 0 bridgehead atoms. The zero-order valence-corrected chi connectivity index (χ0v) is 21.4. The molecule has 0 heterocycles. The van der Waals surface area contributed by atoms with E-state index in [1.54, 1.807) is 17.0 Å². The monoisotopic (exact) mass is 542 g/mol. The number of nitrogens with zero attached hydrogens (tertiary/aromatic N) is 1. The zero-order valence-electron chi connectivity index (χ0n) is 19.0. The minimum Gasteiger partial charge on any atom is -0.355 e. The molecule has 3 rings (SSSR count). The first-order valence-corrected chi connectivity index (χ1v) is 13.1. The predicted octanol–water partition coefficient (Wildman–Crippen LogP) is 5.60. The third kappa shape index (κ3) is 7.99. The lowest BCUT2D eigenvalue weighted by Crippen LogP contribution is -2.51. The van der Waals surface area contributed by atoms with Crippen LogP contribution in [0.5, 0.6) is 0 Å². The summed E-state index contributed by atoms with van der Waals surface area (Å²) in [7, 11) is 0. The Hall–Kier alpha value is -2.64. The summed E-state index contributed by atoms with van der Waals surface area (Å²) in [4.78, 5) is 28.2. The van der Waals surface area contributed by atoms with Crippen LogP contribution in [0.1, 0.15) is 23.6 Å². The fraction of sp³-hybridized carbons (Fsp3) is 0.259. The van der Waals surface area contributed by atoms with Crippen molar-refractivity contribution >= 4 is 39.5 Å². The van der Waals surface area contributed by atoms with Crippen LogP contribution in [0.25, 0.3) is 0 Å². The molecule has 0 saturated carbocycles. The molecule has 0 radical (unpaired) electrons. The molecule has 0 unspecified atom stereocenters. The number of hydrogen-bond donors (Lipinski definition) is 1. The Morgan fingerprint density at radius 2 is 1.59 bits per heavy atom. The summed E-state index contributed by atoms with van der Waals surface area (Å²) in [5.41, 5.74) is 2.86. The summed E-state index contributed by atoms with van der Waals surface area (Å²) in [5, 5.41) is 2.88. The highest BCUT2D eigenvalue weighted by Gasteiger charge is 2.30. The van der Waals surface area contributed by atoms with Crippen LogP contribution in [0.4, 0.5) is 4.39 Å². The second kappa shape index (κ2) is 13.3. The number of benzene rings is 3. The molecule has 0 aromatic heterocycles. The molecule has 0 fully saturated rings. The number of hydrogen-bond acceptors (Lipinski definition) is 3. The van der Waals surface area contributed by atoms with Gasteiger partial charge in [0.25, 0.3) is 0 Å². The molecule has 0 saturated heterocycles. The van der Waals surface area contributed by atoms with Gasteiger partial charge in [-0.05, 0) is 47.9 Å². The Morgan fingerprint density at radius 1 is 0.941 bits per heavy atom. The van der Waals surface area contributed by atoms with Crippen LogP contribution in [-0.2, 0) is 28.3 Å². The van der Waals surface area contributed by atoms with Gasteiger partial charge >= 0.3 is 0 Å². The highest BCUT2D eigenvalue weighted by molar-refractivity contribution is 9.10. The maximum Gasteiger partial charge on any atom is 0.243 e. The molecule has 0 spiro atoms. The first-order valence-electron chi connectivity index (χ1n) is 11.1. The summed E-state index contributed by atoms with van der Waals surface area (Å²) in [6.45, 7) is 2.56. The molecule has 0 aliphatic heterocycles. The summed E-state index contributed by atoms with van der Waals surface area (Å²) in [6, 6.07) is 23.0. The SMILES string of the molecule is CCNC(=O)[C@@H](Cc1ccccc1)N(Cc1ccc(F)cc1)C(=O)CSCc1ccc(Br)cc1. The van der Waals surface area contributed by atoms with Gasteiger partial charge in [-0.15, -0.1) is 11.8 Å². The number of halogens is 2. The molecular formula is C27H28BrFN2O2S. The van der Waals surface area contributed by atoms with E-state index in [0.717, 1.165) is 21.2 Å². The average molecular weight is 544 g/mol. The molecule has 2 amide bonds. The Bertz CT molecular complexity index is 1060. The van der Waals surface area contributed by atoms with E-state index in [2.05, 4.69) is 21.2 Å². The minimum absolute atomic E-state index is 0.126. The first-order chi connectivity index (χ1) is 16.5. The van der Waals surface area contributed by atoms with Crippen LogP contribution in [0.3, 0.4) is 0 Å². The van der Waals surface area contributed by atoms with E-state index in [1.807, 2.05) is 61.5 Å². The molecule has 4 nitrogen and oxygen atoms in total. The average Bonchev–Trinajstić information content (AvgIpc) is 2.84. The topological polar surface area (TPSA) is 49.4 Å². The van der Waals surface area contributed by atoms with Gasteiger partial charge in [0.1, 0.15) is 11.9 Å². The van der Waals surface area contributed by atoms with Gasteiger partial charge in [0.05, 0.1) is 5.75 Å². The molecule has 0 aliphatic carbocycles. The fourth-order valence-corrected chi connectivity index (χ4v) is 4.69. The number of carbonyl (C=O) groups excluding carboxylic acids is 2. The quantitative estimate of drug-likeness (QED) is 0.343. The van der Waals surface area contributed by atoms with Crippen molar-refractivity contribution in [1.29, 1.82) is 0 Å². The molecule has 1 N–H and O–H groups in total. The molecular weight excluding hydrogens is 515 g/mol. The van der Waals surface area contributed by atoms with Crippen molar-refractivity contribution in [3.63, 3.8) is 0 Å². The van der Waals surface area contributed by atoms with E-state index in [1.165, 1.54) is 23.9 Å². The predicted molar refractivity (Wildman–Crippen MR) is 140 cm³/mol. The van der Waals surface area contributed by atoms with E-state index < -0.39 is 6.04 Å². The van der Waals surface area contributed by atoms with Crippen LogP contribution in [0.15, 0.2) is 83.3 Å². The van der Waals surface area contributed by atoms with Crippen molar-refractivity contribution in [2.45, 2.75) is 31.7 Å². The van der Waals surface area contributed by atoms with Gasteiger partial charge < -0.3 is 10.2 Å². The van der Waals surface area contributed by atoms with Gasteiger partial charge in [-0.25, -0.2) is 4.39 Å². The molecule has 178 valence electrons. The van der Waals surface area contributed by atoms with E-state index in [-0.39, 0.29) is 29.9 Å². The van der Waals surface area contributed by atoms with E-state index in [0.29, 0.717) is 18.7 Å². The molecule has 0 aliphatic rings.